The molecular formula is C10H22N2. The Bertz CT molecular complexity index is 119. The van der Waals surface area contributed by atoms with E-state index in [1.807, 2.05) is 0 Å². The summed E-state index contributed by atoms with van der Waals surface area (Å²) in [6.45, 7) is 6.35. The third kappa shape index (κ3) is 7.58. The van der Waals surface area contributed by atoms with Crippen molar-refractivity contribution in [3.63, 3.8) is 0 Å². The zero-order valence-corrected chi connectivity index (χ0v) is 8.61. The van der Waals surface area contributed by atoms with Crippen LogP contribution in [-0.2, 0) is 0 Å². The van der Waals surface area contributed by atoms with Crippen LogP contribution in [0.1, 0.15) is 52.9 Å². The molecule has 0 aliphatic heterocycles. The molecule has 0 aliphatic rings. The summed E-state index contributed by atoms with van der Waals surface area (Å²) >= 11 is 0. The van der Waals surface area contributed by atoms with Crippen LogP contribution < -0.4 is 5.32 Å². The molecule has 12 heavy (non-hydrogen) atoms. The van der Waals surface area contributed by atoms with E-state index in [0.29, 0.717) is 11.9 Å². The Balaban J connectivity index is 3.20. The summed E-state index contributed by atoms with van der Waals surface area (Å²) in [5.41, 5.74) is 0. The van der Waals surface area contributed by atoms with Crippen LogP contribution in [-0.4, -0.2) is 11.9 Å². The van der Waals surface area contributed by atoms with Crippen LogP contribution in [0.5, 0.6) is 0 Å². The Kier molecular flexibility index (Phi) is 6.82. The fraction of sp³-hybridized carbons (Fsp3) is 0.900. The van der Waals surface area contributed by atoms with Crippen LogP contribution in [0.3, 0.4) is 0 Å². The number of amidine groups is 1. The first-order valence-electron chi connectivity index (χ1n) is 5.00. The lowest BCUT2D eigenvalue weighted by Crippen LogP contribution is -2.29. The van der Waals surface area contributed by atoms with Crippen LogP contribution in [0.25, 0.3) is 0 Å². The second-order valence-corrected chi connectivity index (χ2v) is 3.59. The van der Waals surface area contributed by atoms with Crippen LogP contribution >= 0.6 is 0 Å². The van der Waals surface area contributed by atoms with E-state index >= 15 is 0 Å². The van der Waals surface area contributed by atoms with E-state index in [-0.39, 0.29) is 0 Å². The molecule has 0 atom stereocenters. The lowest BCUT2D eigenvalue weighted by molar-refractivity contribution is 0.659. The van der Waals surface area contributed by atoms with Crippen LogP contribution in [0.4, 0.5) is 0 Å². The molecule has 0 aromatic carbocycles. The average molecular weight is 170 g/mol. The van der Waals surface area contributed by atoms with Crippen molar-refractivity contribution in [2.75, 3.05) is 0 Å². The van der Waals surface area contributed by atoms with E-state index in [0.717, 1.165) is 12.8 Å². The predicted molar refractivity (Wildman–Crippen MR) is 54.8 cm³/mol. The Morgan fingerprint density at radius 2 is 1.92 bits per heavy atom. The van der Waals surface area contributed by atoms with E-state index < -0.39 is 0 Å². The molecule has 2 heteroatoms. The molecule has 0 rings (SSSR count). The van der Waals surface area contributed by atoms with Crippen LogP contribution in [0.2, 0.25) is 0 Å². The van der Waals surface area contributed by atoms with Gasteiger partial charge >= 0.3 is 0 Å². The van der Waals surface area contributed by atoms with Crippen molar-refractivity contribution >= 4 is 5.84 Å². The second kappa shape index (κ2) is 7.14. The van der Waals surface area contributed by atoms with Gasteiger partial charge in [0.2, 0.25) is 0 Å². The fourth-order valence-corrected chi connectivity index (χ4v) is 1.15. The first kappa shape index (κ1) is 11.5. The zero-order valence-electron chi connectivity index (χ0n) is 8.61. The maximum atomic E-state index is 7.54. The van der Waals surface area contributed by atoms with Crippen molar-refractivity contribution in [2.24, 2.45) is 0 Å². The Morgan fingerprint density at radius 1 is 1.25 bits per heavy atom. The molecule has 0 aliphatic carbocycles. The molecule has 0 radical (unpaired) electrons. The van der Waals surface area contributed by atoms with Crippen molar-refractivity contribution in [1.29, 1.82) is 5.41 Å². The van der Waals surface area contributed by atoms with Gasteiger partial charge in [0.25, 0.3) is 0 Å². The molecule has 0 saturated heterocycles. The highest BCUT2D eigenvalue weighted by molar-refractivity contribution is 5.79. The number of rotatable bonds is 6. The summed E-state index contributed by atoms with van der Waals surface area (Å²) in [5.74, 6) is 0.695. The smallest absolute Gasteiger partial charge is 0.0933 e. The van der Waals surface area contributed by atoms with Crippen LogP contribution in [0.15, 0.2) is 0 Å². The van der Waals surface area contributed by atoms with Crippen molar-refractivity contribution in [2.45, 2.75) is 58.9 Å². The highest BCUT2D eigenvalue weighted by Crippen LogP contribution is 2.02. The van der Waals surface area contributed by atoms with Crippen molar-refractivity contribution in [1.82, 2.24) is 5.32 Å². The highest BCUT2D eigenvalue weighted by atomic mass is 15.0. The molecule has 0 spiro atoms. The number of unbranched alkanes of at least 4 members (excludes halogenated alkanes) is 3. The third-order valence-corrected chi connectivity index (χ3v) is 1.74. The minimum atomic E-state index is 0.406. The standard InChI is InChI=1S/C10H22N2/c1-4-5-6-7-8-10(11)12-9(2)3/h9H,4-8H2,1-3H3,(H2,11,12). The fourth-order valence-electron chi connectivity index (χ4n) is 1.15. The Labute approximate surface area is 76.3 Å². The third-order valence-electron chi connectivity index (χ3n) is 1.74. The number of hydrogen-bond acceptors (Lipinski definition) is 1. The van der Waals surface area contributed by atoms with E-state index in [2.05, 4.69) is 26.1 Å². The van der Waals surface area contributed by atoms with Gasteiger partial charge in [-0.15, -0.1) is 0 Å². The van der Waals surface area contributed by atoms with Gasteiger partial charge < -0.3 is 5.32 Å². The van der Waals surface area contributed by atoms with Crippen molar-refractivity contribution in [3.8, 4) is 0 Å². The topological polar surface area (TPSA) is 35.9 Å². The van der Waals surface area contributed by atoms with Crippen molar-refractivity contribution in [3.05, 3.63) is 0 Å². The first-order valence-corrected chi connectivity index (χ1v) is 5.00. The molecule has 0 aromatic heterocycles. The molecule has 0 unspecified atom stereocenters. The molecule has 0 heterocycles. The van der Waals surface area contributed by atoms with Crippen molar-refractivity contribution < 1.29 is 0 Å². The van der Waals surface area contributed by atoms with E-state index in [1.165, 1.54) is 19.3 Å². The van der Waals surface area contributed by atoms with Crippen LogP contribution in [0, 0.1) is 5.41 Å². The predicted octanol–water partition coefficient (Wildman–Crippen LogP) is 2.93. The van der Waals surface area contributed by atoms with Gasteiger partial charge in [0.05, 0.1) is 5.84 Å². The first-order chi connectivity index (χ1) is 5.66. The van der Waals surface area contributed by atoms with Gasteiger partial charge in [0.1, 0.15) is 0 Å². The molecule has 0 saturated carbocycles. The lowest BCUT2D eigenvalue weighted by atomic mass is 10.1. The maximum Gasteiger partial charge on any atom is 0.0933 e. The highest BCUT2D eigenvalue weighted by Gasteiger charge is 1.97. The monoisotopic (exact) mass is 170 g/mol. The molecule has 72 valence electrons. The quantitative estimate of drug-likeness (QED) is 0.359. The minimum absolute atomic E-state index is 0.406. The normalized spacial score (nSPS) is 10.3. The molecule has 0 aromatic rings. The molecule has 0 fully saturated rings. The summed E-state index contributed by atoms with van der Waals surface area (Å²) in [7, 11) is 0. The minimum Gasteiger partial charge on any atom is -0.372 e. The summed E-state index contributed by atoms with van der Waals surface area (Å²) in [6.07, 6.45) is 5.91. The van der Waals surface area contributed by atoms with Gasteiger partial charge in [-0.05, 0) is 20.3 Å². The van der Waals surface area contributed by atoms with Gasteiger partial charge in [-0.1, -0.05) is 26.2 Å². The van der Waals surface area contributed by atoms with E-state index in [4.69, 9.17) is 5.41 Å². The summed E-state index contributed by atoms with van der Waals surface area (Å²) in [4.78, 5) is 0. The molecule has 2 N–H and O–H groups in total. The SMILES string of the molecule is CCCCCCC(=N)NC(C)C. The number of nitrogens with one attached hydrogen (secondary N) is 2. The van der Waals surface area contributed by atoms with Gasteiger partial charge in [-0.3, -0.25) is 5.41 Å². The number of hydrogen-bond donors (Lipinski definition) is 2. The van der Waals surface area contributed by atoms with Gasteiger partial charge in [0, 0.05) is 12.5 Å². The average Bonchev–Trinajstić information content (AvgIpc) is 1.97. The Hall–Kier alpha value is -0.530. The summed E-state index contributed by atoms with van der Waals surface area (Å²) < 4.78 is 0. The van der Waals surface area contributed by atoms with Gasteiger partial charge in [-0.2, -0.15) is 0 Å². The van der Waals surface area contributed by atoms with E-state index in [1.54, 1.807) is 0 Å². The Morgan fingerprint density at radius 3 is 2.42 bits per heavy atom. The summed E-state index contributed by atoms with van der Waals surface area (Å²) in [5, 5.41) is 10.6. The molecule has 2 nitrogen and oxygen atoms in total. The summed E-state index contributed by atoms with van der Waals surface area (Å²) in [6, 6.07) is 0.406. The molecule has 0 bridgehead atoms. The van der Waals surface area contributed by atoms with E-state index in [9.17, 15) is 0 Å². The molecular weight excluding hydrogens is 148 g/mol. The van der Waals surface area contributed by atoms with Gasteiger partial charge in [-0.25, -0.2) is 0 Å². The second-order valence-electron chi connectivity index (χ2n) is 3.59. The maximum absolute atomic E-state index is 7.54. The molecule has 0 amide bonds. The lowest BCUT2D eigenvalue weighted by Gasteiger charge is -2.10. The largest absolute Gasteiger partial charge is 0.372 e. The van der Waals surface area contributed by atoms with Gasteiger partial charge in [0.15, 0.2) is 0 Å². The zero-order chi connectivity index (χ0) is 9.40.